The molecule has 0 saturated heterocycles. The van der Waals surface area contributed by atoms with Gasteiger partial charge in [-0.2, -0.15) is 0 Å². The van der Waals surface area contributed by atoms with Crippen molar-refractivity contribution in [3.05, 3.63) is 0 Å². The van der Waals surface area contributed by atoms with Crippen molar-refractivity contribution in [2.24, 2.45) is 5.92 Å². The number of aliphatic carboxylic acids is 1. The zero-order valence-electron chi connectivity index (χ0n) is 10.1. The van der Waals surface area contributed by atoms with E-state index in [0.717, 1.165) is 6.42 Å². The Hall–Kier alpha value is -0.620. The van der Waals surface area contributed by atoms with Gasteiger partial charge < -0.3 is 5.11 Å². The quantitative estimate of drug-likeness (QED) is 0.679. The summed E-state index contributed by atoms with van der Waals surface area (Å²) in [5.74, 6) is -1.10. The highest BCUT2D eigenvalue weighted by Gasteiger charge is 2.24. The van der Waals surface area contributed by atoms with Crippen LogP contribution >= 0.6 is 0 Å². The molecule has 5 nitrogen and oxygen atoms in total. The van der Waals surface area contributed by atoms with Crippen molar-refractivity contribution in [3.63, 3.8) is 0 Å². The van der Waals surface area contributed by atoms with Crippen LogP contribution in [0.25, 0.3) is 0 Å². The van der Waals surface area contributed by atoms with Crippen LogP contribution in [0.3, 0.4) is 0 Å². The first kappa shape index (κ1) is 15.4. The number of carbonyl (C=O) groups is 1. The number of sulfonamides is 1. The third-order valence-corrected chi connectivity index (χ3v) is 4.05. The van der Waals surface area contributed by atoms with Gasteiger partial charge in [0.15, 0.2) is 0 Å². The molecule has 0 aliphatic rings. The van der Waals surface area contributed by atoms with Crippen LogP contribution in [0.4, 0.5) is 0 Å². The highest BCUT2D eigenvalue weighted by Crippen LogP contribution is 2.06. The maximum Gasteiger partial charge on any atom is 0.321 e. The lowest BCUT2D eigenvalue weighted by Crippen LogP contribution is -2.42. The Balaban J connectivity index is 4.48. The highest BCUT2D eigenvalue weighted by atomic mass is 32.2. The van der Waals surface area contributed by atoms with Gasteiger partial charge in [0.2, 0.25) is 10.0 Å². The molecule has 0 heterocycles. The molecule has 0 aromatic carbocycles. The molecule has 16 heavy (non-hydrogen) atoms. The van der Waals surface area contributed by atoms with E-state index in [1.165, 1.54) is 0 Å². The molecule has 2 N–H and O–H groups in total. The summed E-state index contributed by atoms with van der Waals surface area (Å²) in [6, 6.07) is -1.00. The fourth-order valence-corrected chi connectivity index (χ4v) is 3.01. The average molecular weight is 251 g/mol. The molecule has 0 amide bonds. The smallest absolute Gasteiger partial charge is 0.321 e. The van der Waals surface area contributed by atoms with E-state index in [-0.39, 0.29) is 11.7 Å². The van der Waals surface area contributed by atoms with Crippen LogP contribution in [-0.4, -0.2) is 31.3 Å². The van der Waals surface area contributed by atoms with Crippen molar-refractivity contribution in [2.45, 2.75) is 46.1 Å². The van der Waals surface area contributed by atoms with Gasteiger partial charge in [-0.15, -0.1) is 0 Å². The molecular weight excluding hydrogens is 230 g/mol. The van der Waals surface area contributed by atoms with Crippen LogP contribution in [0.2, 0.25) is 0 Å². The molecule has 0 radical (unpaired) electrons. The van der Waals surface area contributed by atoms with Crippen LogP contribution in [0, 0.1) is 5.92 Å². The number of hydrogen-bond acceptors (Lipinski definition) is 3. The summed E-state index contributed by atoms with van der Waals surface area (Å²) in [6.07, 6.45) is 1.70. The highest BCUT2D eigenvalue weighted by molar-refractivity contribution is 7.89. The summed E-state index contributed by atoms with van der Waals surface area (Å²) in [4.78, 5) is 10.8. The van der Waals surface area contributed by atoms with E-state index in [9.17, 15) is 13.2 Å². The zero-order valence-corrected chi connectivity index (χ0v) is 10.9. The van der Waals surface area contributed by atoms with Crippen LogP contribution in [0.5, 0.6) is 0 Å². The number of carboxylic acid groups (broad SMARTS) is 1. The molecular formula is C10H21NO4S. The van der Waals surface area contributed by atoms with Crippen LogP contribution in [-0.2, 0) is 14.8 Å². The number of hydrogen-bond donors (Lipinski definition) is 2. The van der Waals surface area contributed by atoms with Crippen molar-refractivity contribution in [1.82, 2.24) is 4.72 Å². The van der Waals surface area contributed by atoms with E-state index >= 15 is 0 Å². The third-order valence-electron chi connectivity index (χ3n) is 2.40. The molecule has 96 valence electrons. The molecule has 2 atom stereocenters. The molecule has 0 aromatic rings. The topological polar surface area (TPSA) is 83.5 Å². The van der Waals surface area contributed by atoms with Gasteiger partial charge in [0.1, 0.15) is 6.04 Å². The zero-order chi connectivity index (χ0) is 12.8. The summed E-state index contributed by atoms with van der Waals surface area (Å²) in [5.41, 5.74) is 0. The van der Waals surface area contributed by atoms with Gasteiger partial charge in [-0.05, 0) is 12.3 Å². The van der Waals surface area contributed by atoms with Crippen LogP contribution in [0.15, 0.2) is 0 Å². The number of rotatable bonds is 8. The molecule has 0 aliphatic heterocycles. The Morgan fingerprint density at radius 3 is 2.31 bits per heavy atom. The summed E-state index contributed by atoms with van der Waals surface area (Å²) < 4.78 is 25.5. The second-order valence-electron chi connectivity index (χ2n) is 4.09. The maximum atomic E-state index is 11.6. The minimum absolute atomic E-state index is 0.0169. The Morgan fingerprint density at radius 2 is 1.94 bits per heavy atom. The van der Waals surface area contributed by atoms with Crippen molar-refractivity contribution in [1.29, 1.82) is 0 Å². The fraction of sp³-hybridized carbons (Fsp3) is 0.900. The summed E-state index contributed by atoms with van der Waals surface area (Å²) in [7, 11) is -3.49. The van der Waals surface area contributed by atoms with Gasteiger partial charge in [0.05, 0.1) is 5.75 Å². The Bertz CT molecular complexity index is 313. The summed E-state index contributed by atoms with van der Waals surface area (Å²) in [5, 5.41) is 8.83. The molecule has 0 spiro atoms. The van der Waals surface area contributed by atoms with E-state index in [1.807, 2.05) is 20.8 Å². The van der Waals surface area contributed by atoms with E-state index in [1.54, 1.807) is 0 Å². The van der Waals surface area contributed by atoms with Gasteiger partial charge >= 0.3 is 5.97 Å². The second-order valence-corrected chi connectivity index (χ2v) is 5.89. The van der Waals surface area contributed by atoms with E-state index in [0.29, 0.717) is 12.8 Å². The SMILES string of the molecule is CCCC(NS(=O)(=O)CC(C)CC)C(=O)O. The largest absolute Gasteiger partial charge is 0.480 e. The van der Waals surface area contributed by atoms with Gasteiger partial charge in [-0.1, -0.05) is 33.6 Å². The molecule has 2 unspecified atom stereocenters. The van der Waals surface area contributed by atoms with Gasteiger partial charge in [-0.3, -0.25) is 4.79 Å². The Labute approximate surface area is 97.3 Å². The standard InChI is InChI=1S/C10H21NO4S/c1-4-6-9(10(12)13)11-16(14,15)7-8(3)5-2/h8-9,11H,4-7H2,1-3H3,(H,12,13). The van der Waals surface area contributed by atoms with Crippen molar-refractivity contribution in [3.8, 4) is 0 Å². The van der Waals surface area contributed by atoms with Crippen LogP contribution in [0.1, 0.15) is 40.0 Å². The Morgan fingerprint density at radius 1 is 1.38 bits per heavy atom. The van der Waals surface area contributed by atoms with Crippen LogP contribution < -0.4 is 4.72 Å². The fourth-order valence-electron chi connectivity index (χ4n) is 1.28. The number of carboxylic acids is 1. The Kier molecular flexibility index (Phi) is 6.59. The van der Waals surface area contributed by atoms with Crippen molar-refractivity contribution in [2.75, 3.05) is 5.75 Å². The molecule has 0 bridgehead atoms. The predicted octanol–water partition coefficient (Wildman–Crippen LogP) is 1.21. The molecule has 0 aliphatic carbocycles. The van der Waals surface area contributed by atoms with Gasteiger partial charge in [-0.25, -0.2) is 13.1 Å². The lowest BCUT2D eigenvalue weighted by atomic mass is 10.2. The average Bonchev–Trinajstić information content (AvgIpc) is 2.15. The summed E-state index contributed by atoms with van der Waals surface area (Å²) >= 11 is 0. The van der Waals surface area contributed by atoms with E-state index in [2.05, 4.69) is 4.72 Å². The minimum atomic E-state index is -3.49. The van der Waals surface area contributed by atoms with Crippen molar-refractivity contribution >= 4 is 16.0 Å². The lowest BCUT2D eigenvalue weighted by molar-refractivity contribution is -0.139. The minimum Gasteiger partial charge on any atom is -0.480 e. The molecule has 0 aromatic heterocycles. The van der Waals surface area contributed by atoms with Gasteiger partial charge in [0, 0.05) is 0 Å². The summed E-state index contributed by atoms with van der Waals surface area (Å²) in [6.45, 7) is 5.55. The molecule has 6 heteroatoms. The lowest BCUT2D eigenvalue weighted by Gasteiger charge is -2.15. The first-order chi connectivity index (χ1) is 7.32. The third kappa shape index (κ3) is 6.07. The van der Waals surface area contributed by atoms with E-state index < -0.39 is 22.0 Å². The normalized spacial score (nSPS) is 15.7. The molecule has 0 rings (SSSR count). The van der Waals surface area contributed by atoms with Gasteiger partial charge in [0.25, 0.3) is 0 Å². The first-order valence-electron chi connectivity index (χ1n) is 5.55. The predicted molar refractivity (Wildman–Crippen MR) is 62.7 cm³/mol. The first-order valence-corrected chi connectivity index (χ1v) is 7.20. The molecule has 0 saturated carbocycles. The van der Waals surface area contributed by atoms with E-state index in [4.69, 9.17) is 5.11 Å². The number of nitrogens with one attached hydrogen (secondary N) is 1. The molecule has 0 fully saturated rings. The second kappa shape index (κ2) is 6.85. The van der Waals surface area contributed by atoms with Crippen molar-refractivity contribution < 1.29 is 18.3 Å². The maximum absolute atomic E-state index is 11.6. The monoisotopic (exact) mass is 251 g/mol.